The monoisotopic (exact) mass is 348 g/mol. The number of benzene rings is 1. The highest BCUT2D eigenvalue weighted by atomic mass is 16.5. The van der Waals surface area contributed by atoms with E-state index in [1.807, 2.05) is 31.3 Å². The summed E-state index contributed by atoms with van der Waals surface area (Å²) in [7, 11) is 0. The van der Waals surface area contributed by atoms with Crippen LogP contribution in [0, 0.1) is 13.8 Å². The lowest BCUT2D eigenvalue weighted by Gasteiger charge is -2.09. The Morgan fingerprint density at radius 2 is 1.68 bits per heavy atom. The molecule has 0 unspecified atom stereocenters. The molecule has 0 saturated carbocycles. The standard InChI is InChI=1S/C17H20N2O6/c1-4-24-15(21)7-8-16(22)25-10-14(20)19-17(23)18-13-6-5-11(2)9-12(13)3/h5-9H,4,10H2,1-3H3,(H2,18,19,20,23)/b8-7+. The van der Waals surface area contributed by atoms with Crippen LogP contribution in [-0.4, -0.2) is 37.1 Å². The van der Waals surface area contributed by atoms with E-state index in [0.717, 1.165) is 23.3 Å². The molecule has 0 bridgehead atoms. The zero-order chi connectivity index (χ0) is 18.8. The molecule has 0 aliphatic carbocycles. The first kappa shape index (κ1) is 19.9. The van der Waals surface area contributed by atoms with Crippen molar-refractivity contribution in [2.24, 2.45) is 0 Å². The van der Waals surface area contributed by atoms with Crippen LogP contribution < -0.4 is 10.6 Å². The molecule has 0 saturated heterocycles. The number of rotatable bonds is 6. The van der Waals surface area contributed by atoms with Gasteiger partial charge in [-0.05, 0) is 32.4 Å². The smallest absolute Gasteiger partial charge is 0.331 e. The molecule has 0 spiro atoms. The van der Waals surface area contributed by atoms with Crippen LogP contribution in [0.5, 0.6) is 0 Å². The van der Waals surface area contributed by atoms with Crippen LogP contribution in [0.1, 0.15) is 18.1 Å². The third-order valence-corrected chi connectivity index (χ3v) is 2.87. The normalized spacial score (nSPS) is 10.2. The van der Waals surface area contributed by atoms with Gasteiger partial charge in [0.15, 0.2) is 6.61 Å². The lowest BCUT2D eigenvalue weighted by atomic mass is 10.1. The molecule has 1 aromatic carbocycles. The second-order valence-electron chi connectivity index (χ2n) is 5.01. The Hall–Kier alpha value is -3.16. The highest BCUT2D eigenvalue weighted by molar-refractivity contribution is 6.02. The quantitative estimate of drug-likeness (QED) is 0.597. The minimum atomic E-state index is -0.905. The van der Waals surface area contributed by atoms with Crippen molar-refractivity contribution in [2.75, 3.05) is 18.5 Å². The fraction of sp³-hybridized carbons (Fsp3) is 0.294. The van der Waals surface area contributed by atoms with E-state index in [0.29, 0.717) is 5.69 Å². The summed E-state index contributed by atoms with van der Waals surface area (Å²) in [5, 5.41) is 4.55. The molecule has 0 aromatic heterocycles. The van der Waals surface area contributed by atoms with Gasteiger partial charge in [0.05, 0.1) is 6.61 Å². The number of amides is 3. The SMILES string of the molecule is CCOC(=O)/C=C/C(=O)OCC(=O)NC(=O)Nc1ccc(C)cc1C. The molecule has 8 nitrogen and oxygen atoms in total. The number of aryl methyl sites for hydroxylation is 2. The van der Waals surface area contributed by atoms with E-state index in [4.69, 9.17) is 0 Å². The van der Waals surface area contributed by atoms with Gasteiger partial charge in [-0.25, -0.2) is 14.4 Å². The van der Waals surface area contributed by atoms with E-state index in [-0.39, 0.29) is 6.61 Å². The van der Waals surface area contributed by atoms with Crippen LogP contribution in [0.25, 0.3) is 0 Å². The molecule has 0 radical (unpaired) electrons. The maximum absolute atomic E-state index is 11.7. The number of nitrogens with one attached hydrogen (secondary N) is 2. The van der Waals surface area contributed by atoms with Crippen molar-refractivity contribution in [3.63, 3.8) is 0 Å². The third-order valence-electron chi connectivity index (χ3n) is 2.87. The van der Waals surface area contributed by atoms with Gasteiger partial charge in [-0.2, -0.15) is 0 Å². The summed E-state index contributed by atoms with van der Waals surface area (Å²) in [6, 6.07) is 4.68. The van der Waals surface area contributed by atoms with E-state index < -0.39 is 30.5 Å². The maximum Gasteiger partial charge on any atom is 0.331 e. The van der Waals surface area contributed by atoms with Crippen molar-refractivity contribution in [2.45, 2.75) is 20.8 Å². The van der Waals surface area contributed by atoms with Crippen LogP contribution in [0.2, 0.25) is 0 Å². The van der Waals surface area contributed by atoms with Gasteiger partial charge in [-0.3, -0.25) is 10.1 Å². The van der Waals surface area contributed by atoms with E-state index in [2.05, 4.69) is 14.8 Å². The highest BCUT2D eigenvalue weighted by Crippen LogP contribution is 2.15. The zero-order valence-electron chi connectivity index (χ0n) is 14.3. The minimum Gasteiger partial charge on any atom is -0.463 e. The Morgan fingerprint density at radius 1 is 1.04 bits per heavy atom. The van der Waals surface area contributed by atoms with E-state index >= 15 is 0 Å². The molecule has 2 N–H and O–H groups in total. The fourth-order valence-corrected chi connectivity index (χ4v) is 1.78. The summed E-state index contributed by atoms with van der Waals surface area (Å²) in [5.74, 6) is -2.41. The molecular weight excluding hydrogens is 328 g/mol. The number of hydrogen-bond donors (Lipinski definition) is 2. The first-order chi connectivity index (χ1) is 11.8. The van der Waals surface area contributed by atoms with Crippen molar-refractivity contribution in [1.29, 1.82) is 0 Å². The maximum atomic E-state index is 11.7. The van der Waals surface area contributed by atoms with Crippen molar-refractivity contribution in [1.82, 2.24) is 5.32 Å². The first-order valence-electron chi connectivity index (χ1n) is 7.51. The number of carbonyl (C=O) groups is 4. The average molecular weight is 348 g/mol. The summed E-state index contributed by atoms with van der Waals surface area (Å²) < 4.78 is 9.18. The molecule has 25 heavy (non-hydrogen) atoms. The summed E-state index contributed by atoms with van der Waals surface area (Å²) in [5.41, 5.74) is 2.45. The molecule has 0 heterocycles. The number of carbonyl (C=O) groups excluding carboxylic acids is 4. The largest absolute Gasteiger partial charge is 0.463 e. The average Bonchev–Trinajstić information content (AvgIpc) is 2.54. The van der Waals surface area contributed by atoms with Gasteiger partial charge in [-0.1, -0.05) is 17.7 Å². The molecule has 3 amide bonds. The summed E-state index contributed by atoms with van der Waals surface area (Å²) >= 11 is 0. The Kier molecular flexibility index (Phi) is 7.85. The molecule has 0 aliphatic rings. The first-order valence-corrected chi connectivity index (χ1v) is 7.51. The number of hydrogen-bond acceptors (Lipinski definition) is 6. The van der Waals surface area contributed by atoms with Crippen molar-refractivity contribution < 1.29 is 28.7 Å². The number of urea groups is 1. The molecular formula is C17H20N2O6. The number of ether oxygens (including phenoxy) is 2. The molecule has 1 aromatic rings. The van der Waals surface area contributed by atoms with Crippen molar-refractivity contribution in [3.8, 4) is 0 Å². The van der Waals surface area contributed by atoms with Crippen LogP contribution >= 0.6 is 0 Å². The third kappa shape index (κ3) is 7.78. The number of esters is 2. The van der Waals surface area contributed by atoms with Crippen LogP contribution in [0.3, 0.4) is 0 Å². The Morgan fingerprint density at radius 3 is 2.28 bits per heavy atom. The van der Waals surface area contributed by atoms with Crippen LogP contribution in [0.15, 0.2) is 30.4 Å². The van der Waals surface area contributed by atoms with Gasteiger partial charge in [0.25, 0.3) is 5.91 Å². The molecule has 0 fully saturated rings. The zero-order valence-corrected chi connectivity index (χ0v) is 14.3. The molecule has 8 heteroatoms. The Labute approximate surface area is 145 Å². The minimum absolute atomic E-state index is 0.177. The molecule has 1 rings (SSSR count). The number of anilines is 1. The van der Waals surface area contributed by atoms with E-state index in [1.165, 1.54) is 0 Å². The molecule has 0 aliphatic heterocycles. The van der Waals surface area contributed by atoms with Gasteiger partial charge in [-0.15, -0.1) is 0 Å². The number of imide groups is 1. The molecule has 0 atom stereocenters. The highest BCUT2D eigenvalue weighted by Gasteiger charge is 2.11. The van der Waals surface area contributed by atoms with Crippen molar-refractivity contribution >= 4 is 29.6 Å². The van der Waals surface area contributed by atoms with Gasteiger partial charge in [0, 0.05) is 17.8 Å². The van der Waals surface area contributed by atoms with Crippen LogP contribution in [0.4, 0.5) is 10.5 Å². The summed E-state index contributed by atoms with van der Waals surface area (Å²) in [6.45, 7) is 4.88. The predicted molar refractivity (Wildman–Crippen MR) is 89.8 cm³/mol. The fourth-order valence-electron chi connectivity index (χ4n) is 1.78. The summed E-state index contributed by atoms with van der Waals surface area (Å²) in [6.07, 6.45) is 1.72. The van der Waals surface area contributed by atoms with E-state index in [9.17, 15) is 19.2 Å². The Bertz CT molecular complexity index is 696. The van der Waals surface area contributed by atoms with Crippen LogP contribution in [-0.2, 0) is 23.9 Å². The van der Waals surface area contributed by atoms with Gasteiger partial charge in [0.2, 0.25) is 0 Å². The topological polar surface area (TPSA) is 111 Å². The van der Waals surface area contributed by atoms with Gasteiger partial charge in [0.1, 0.15) is 0 Å². The summed E-state index contributed by atoms with van der Waals surface area (Å²) in [4.78, 5) is 45.6. The van der Waals surface area contributed by atoms with E-state index in [1.54, 1.807) is 13.0 Å². The second-order valence-corrected chi connectivity index (χ2v) is 5.01. The lowest BCUT2D eigenvalue weighted by Crippen LogP contribution is -2.37. The Balaban J connectivity index is 2.39. The van der Waals surface area contributed by atoms with Crippen molar-refractivity contribution in [3.05, 3.63) is 41.5 Å². The molecule has 134 valence electrons. The lowest BCUT2D eigenvalue weighted by molar-refractivity contribution is -0.144. The van der Waals surface area contributed by atoms with Gasteiger partial charge < -0.3 is 14.8 Å². The second kappa shape index (κ2) is 9.86. The van der Waals surface area contributed by atoms with Gasteiger partial charge >= 0.3 is 18.0 Å². The predicted octanol–water partition coefficient (Wildman–Crippen LogP) is 1.61.